The third kappa shape index (κ3) is 3.15. The standard InChI is InChI=1S/C12H17N3O2/c1-10-5-2-3-8-15(10)11(16)9-17-12-13-6-4-7-14-12/h4,6-7,10H,2-3,5,8-9H2,1H3/t10-/m0/s1. The molecule has 1 amide bonds. The molecule has 1 aromatic rings. The minimum atomic E-state index is 0.0182. The average molecular weight is 235 g/mol. The van der Waals surface area contributed by atoms with Gasteiger partial charge in [0.15, 0.2) is 6.61 Å². The number of carbonyl (C=O) groups is 1. The molecule has 0 unspecified atom stereocenters. The molecule has 0 aromatic carbocycles. The Morgan fingerprint density at radius 2 is 2.24 bits per heavy atom. The number of piperidine rings is 1. The number of hydrogen-bond acceptors (Lipinski definition) is 4. The van der Waals surface area contributed by atoms with Crippen LogP contribution in [0.4, 0.5) is 0 Å². The highest BCUT2D eigenvalue weighted by atomic mass is 16.5. The zero-order chi connectivity index (χ0) is 12.1. The Morgan fingerprint density at radius 3 is 2.94 bits per heavy atom. The highest BCUT2D eigenvalue weighted by molar-refractivity contribution is 5.78. The lowest BCUT2D eigenvalue weighted by atomic mass is 10.0. The number of nitrogens with zero attached hydrogens (tertiary/aromatic N) is 3. The Kier molecular flexibility index (Phi) is 3.90. The maximum absolute atomic E-state index is 11.9. The van der Waals surface area contributed by atoms with Crippen LogP contribution in [0.15, 0.2) is 18.5 Å². The first-order chi connectivity index (χ1) is 8.27. The number of rotatable bonds is 3. The largest absolute Gasteiger partial charge is 0.453 e. The van der Waals surface area contributed by atoms with Gasteiger partial charge in [0.05, 0.1) is 0 Å². The summed E-state index contributed by atoms with van der Waals surface area (Å²) in [4.78, 5) is 21.6. The summed E-state index contributed by atoms with van der Waals surface area (Å²) >= 11 is 0. The molecular formula is C12H17N3O2. The molecule has 1 fully saturated rings. The second-order valence-corrected chi connectivity index (χ2v) is 4.25. The van der Waals surface area contributed by atoms with E-state index in [9.17, 15) is 4.79 Å². The highest BCUT2D eigenvalue weighted by Gasteiger charge is 2.23. The molecule has 17 heavy (non-hydrogen) atoms. The lowest BCUT2D eigenvalue weighted by Crippen LogP contribution is -2.44. The Balaban J connectivity index is 1.84. The smallest absolute Gasteiger partial charge is 0.316 e. The van der Waals surface area contributed by atoms with Crippen LogP contribution in [0.3, 0.4) is 0 Å². The molecule has 92 valence electrons. The van der Waals surface area contributed by atoms with E-state index in [1.165, 1.54) is 6.42 Å². The molecule has 1 atom stereocenters. The van der Waals surface area contributed by atoms with Crippen molar-refractivity contribution in [3.8, 4) is 6.01 Å². The molecule has 0 spiro atoms. The van der Waals surface area contributed by atoms with E-state index in [4.69, 9.17) is 4.74 Å². The molecular weight excluding hydrogens is 218 g/mol. The van der Waals surface area contributed by atoms with Gasteiger partial charge in [0.1, 0.15) is 0 Å². The molecule has 0 aliphatic carbocycles. The van der Waals surface area contributed by atoms with Crippen molar-refractivity contribution < 1.29 is 9.53 Å². The van der Waals surface area contributed by atoms with Gasteiger partial charge >= 0.3 is 6.01 Å². The van der Waals surface area contributed by atoms with Gasteiger partial charge in [0, 0.05) is 25.0 Å². The minimum absolute atomic E-state index is 0.0182. The molecule has 5 nitrogen and oxygen atoms in total. The fourth-order valence-corrected chi connectivity index (χ4v) is 2.04. The summed E-state index contributed by atoms with van der Waals surface area (Å²) in [5.74, 6) is 0.0182. The Morgan fingerprint density at radius 1 is 1.47 bits per heavy atom. The van der Waals surface area contributed by atoms with Gasteiger partial charge < -0.3 is 9.64 Å². The molecule has 0 bridgehead atoms. The molecule has 5 heteroatoms. The van der Waals surface area contributed by atoms with Crippen LogP contribution in [0.5, 0.6) is 6.01 Å². The zero-order valence-electron chi connectivity index (χ0n) is 10.0. The normalized spacial score (nSPS) is 20.1. The lowest BCUT2D eigenvalue weighted by molar-refractivity contribution is -0.136. The predicted octanol–water partition coefficient (Wildman–Crippen LogP) is 1.26. The second kappa shape index (κ2) is 5.61. The summed E-state index contributed by atoms with van der Waals surface area (Å²) in [6.07, 6.45) is 6.55. The molecule has 1 aliphatic heterocycles. The Bertz CT molecular complexity index is 369. The zero-order valence-corrected chi connectivity index (χ0v) is 10.0. The number of ether oxygens (including phenoxy) is 1. The topological polar surface area (TPSA) is 55.3 Å². The summed E-state index contributed by atoms with van der Waals surface area (Å²) < 4.78 is 5.26. The van der Waals surface area contributed by atoms with Crippen molar-refractivity contribution in [3.63, 3.8) is 0 Å². The van der Waals surface area contributed by atoms with Crippen molar-refractivity contribution in [2.24, 2.45) is 0 Å². The van der Waals surface area contributed by atoms with Crippen LogP contribution in [0.25, 0.3) is 0 Å². The maximum Gasteiger partial charge on any atom is 0.316 e. The summed E-state index contributed by atoms with van der Waals surface area (Å²) in [6, 6.07) is 2.28. The molecule has 0 N–H and O–H groups in total. The van der Waals surface area contributed by atoms with E-state index in [2.05, 4.69) is 16.9 Å². The van der Waals surface area contributed by atoms with E-state index in [0.717, 1.165) is 19.4 Å². The first-order valence-corrected chi connectivity index (χ1v) is 5.96. The molecule has 1 aromatic heterocycles. The fourth-order valence-electron chi connectivity index (χ4n) is 2.04. The molecule has 1 saturated heterocycles. The molecule has 2 heterocycles. The predicted molar refractivity (Wildman–Crippen MR) is 62.6 cm³/mol. The number of likely N-dealkylation sites (tertiary alicyclic amines) is 1. The molecule has 1 aliphatic rings. The van der Waals surface area contributed by atoms with Crippen molar-refractivity contribution in [2.45, 2.75) is 32.2 Å². The van der Waals surface area contributed by atoms with E-state index < -0.39 is 0 Å². The van der Waals surface area contributed by atoms with E-state index in [1.807, 2.05) is 4.90 Å². The van der Waals surface area contributed by atoms with Gasteiger partial charge in [-0.3, -0.25) is 4.79 Å². The van der Waals surface area contributed by atoms with Crippen LogP contribution in [0.2, 0.25) is 0 Å². The molecule has 0 radical (unpaired) electrons. The Labute approximate surface area is 101 Å². The lowest BCUT2D eigenvalue weighted by Gasteiger charge is -2.33. The van der Waals surface area contributed by atoms with Crippen LogP contribution >= 0.6 is 0 Å². The van der Waals surface area contributed by atoms with E-state index in [-0.39, 0.29) is 18.5 Å². The van der Waals surface area contributed by atoms with Crippen LogP contribution in [0.1, 0.15) is 26.2 Å². The summed E-state index contributed by atoms with van der Waals surface area (Å²) in [5, 5.41) is 0. The fraction of sp³-hybridized carbons (Fsp3) is 0.583. The van der Waals surface area contributed by atoms with Crippen LogP contribution in [0, 0.1) is 0 Å². The third-order valence-electron chi connectivity index (χ3n) is 2.99. The molecule has 0 saturated carbocycles. The summed E-state index contributed by atoms with van der Waals surface area (Å²) in [7, 11) is 0. The number of amides is 1. The van der Waals surface area contributed by atoms with Gasteiger partial charge in [0.2, 0.25) is 0 Å². The van der Waals surface area contributed by atoms with Gasteiger partial charge in [-0.15, -0.1) is 0 Å². The number of hydrogen-bond donors (Lipinski definition) is 0. The van der Waals surface area contributed by atoms with Gasteiger partial charge in [-0.1, -0.05) is 0 Å². The first kappa shape index (κ1) is 11.8. The second-order valence-electron chi connectivity index (χ2n) is 4.25. The third-order valence-corrected chi connectivity index (χ3v) is 2.99. The van der Waals surface area contributed by atoms with Gasteiger partial charge in [-0.05, 0) is 32.3 Å². The average Bonchev–Trinajstić information content (AvgIpc) is 2.38. The summed E-state index contributed by atoms with van der Waals surface area (Å²) in [6.45, 7) is 2.93. The van der Waals surface area contributed by atoms with Crippen LogP contribution in [-0.2, 0) is 4.79 Å². The first-order valence-electron chi connectivity index (χ1n) is 5.96. The van der Waals surface area contributed by atoms with Crippen molar-refractivity contribution in [2.75, 3.05) is 13.2 Å². The van der Waals surface area contributed by atoms with E-state index in [0.29, 0.717) is 6.04 Å². The maximum atomic E-state index is 11.9. The van der Waals surface area contributed by atoms with Crippen molar-refractivity contribution >= 4 is 5.91 Å². The van der Waals surface area contributed by atoms with Gasteiger partial charge in [-0.2, -0.15) is 0 Å². The van der Waals surface area contributed by atoms with Crippen molar-refractivity contribution in [1.82, 2.24) is 14.9 Å². The van der Waals surface area contributed by atoms with Crippen molar-refractivity contribution in [3.05, 3.63) is 18.5 Å². The van der Waals surface area contributed by atoms with E-state index in [1.54, 1.807) is 18.5 Å². The number of aromatic nitrogens is 2. The summed E-state index contributed by atoms with van der Waals surface area (Å²) in [5.41, 5.74) is 0. The van der Waals surface area contributed by atoms with Gasteiger partial charge in [-0.25, -0.2) is 9.97 Å². The SMILES string of the molecule is C[C@H]1CCCCN1C(=O)COc1ncccn1. The van der Waals surface area contributed by atoms with E-state index >= 15 is 0 Å². The van der Waals surface area contributed by atoms with Crippen LogP contribution in [-0.4, -0.2) is 40.0 Å². The van der Waals surface area contributed by atoms with Crippen LogP contribution < -0.4 is 4.74 Å². The quantitative estimate of drug-likeness (QED) is 0.791. The highest BCUT2D eigenvalue weighted by Crippen LogP contribution is 2.16. The Hall–Kier alpha value is -1.65. The number of carbonyl (C=O) groups excluding carboxylic acids is 1. The van der Waals surface area contributed by atoms with Crippen molar-refractivity contribution in [1.29, 1.82) is 0 Å². The monoisotopic (exact) mass is 235 g/mol. The molecule has 2 rings (SSSR count). The minimum Gasteiger partial charge on any atom is -0.453 e. The van der Waals surface area contributed by atoms with Gasteiger partial charge in [0.25, 0.3) is 5.91 Å².